The van der Waals surface area contributed by atoms with Gasteiger partial charge in [-0.05, 0) is 24.3 Å². The molecule has 5 heteroatoms. The Labute approximate surface area is 107 Å². The molecule has 0 atom stereocenters. The van der Waals surface area contributed by atoms with E-state index in [9.17, 15) is 0 Å². The lowest BCUT2D eigenvalue weighted by molar-refractivity contribution is 0.296. The van der Waals surface area contributed by atoms with E-state index in [1.165, 1.54) is 0 Å². The standard InChI is InChI=1S/C12H20N2O2S/c1-16-11-5-2-4-10(12(11)13)14-6-9-17-8-3-7-15/h2,4-5,14-15H,3,6-9,13H2,1H3. The molecule has 0 aliphatic carbocycles. The van der Waals surface area contributed by atoms with Crippen molar-refractivity contribution in [3.05, 3.63) is 18.2 Å². The number of methoxy groups -OCH3 is 1. The van der Waals surface area contributed by atoms with Crippen molar-refractivity contribution in [3.8, 4) is 5.75 Å². The molecule has 0 unspecified atom stereocenters. The highest BCUT2D eigenvalue weighted by Gasteiger charge is 2.03. The Morgan fingerprint density at radius 1 is 1.41 bits per heavy atom. The van der Waals surface area contributed by atoms with E-state index < -0.39 is 0 Å². The number of aliphatic hydroxyl groups excluding tert-OH is 1. The van der Waals surface area contributed by atoms with E-state index in [0.717, 1.165) is 30.2 Å². The summed E-state index contributed by atoms with van der Waals surface area (Å²) >= 11 is 1.82. The van der Waals surface area contributed by atoms with E-state index in [0.29, 0.717) is 11.4 Å². The van der Waals surface area contributed by atoms with Crippen molar-refractivity contribution in [3.63, 3.8) is 0 Å². The molecule has 0 spiro atoms. The summed E-state index contributed by atoms with van der Waals surface area (Å²) in [6, 6.07) is 5.70. The number of hydrogen-bond donors (Lipinski definition) is 3. The molecule has 1 aromatic rings. The average Bonchev–Trinajstić information content (AvgIpc) is 2.35. The summed E-state index contributed by atoms with van der Waals surface area (Å²) < 4.78 is 5.15. The van der Waals surface area contributed by atoms with E-state index in [2.05, 4.69) is 5.32 Å². The molecule has 0 saturated carbocycles. The Kier molecular flexibility index (Phi) is 6.65. The number of nitrogens with two attached hydrogens (primary N) is 1. The average molecular weight is 256 g/mol. The molecule has 1 aromatic carbocycles. The second-order valence-electron chi connectivity index (χ2n) is 3.54. The molecule has 17 heavy (non-hydrogen) atoms. The van der Waals surface area contributed by atoms with Crippen molar-refractivity contribution in [2.75, 3.05) is 42.8 Å². The van der Waals surface area contributed by atoms with E-state index in [-0.39, 0.29) is 6.61 Å². The molecule has 0 radical (unpaired) electrons. The predicted molar refractivity (Wildman–Crippen MR) is 74.9 cm³/mol. The van der Waals surface area contributed by atoms with Gasteiger partial charge in [0.1, 0.15) is 5.75 Å². The van der Waals surface area contributed by atoms with Crippen LogP contribution in [0.15, 0.2) is 18.2 Å². The molecule has 96 valence electrons. The lowest BCUT2D eigenvalue weighted by Gasteiger charge is -2.11. The van der Waals surface area contributed by atoms with Crippen LogP contribution in [0.5, 0.6) is 5.75 Å². The first kappa shape index (κ1) is 14.0. The van der Waals surface area contributed by atoms with Crippen LogP contribution in [0.1, 0.15) is 6.42 Å². The van der Waals surface area contributed by atoms with Gasteiger partial charge in [-0.15, -0.1) is 0 Å². The van der Waals surface area contributed by atoms with Crippen LogP contribution in [-0.4, -0.2) is 36.9 Å². The van der Waals surface area contributed by atoms with Crippen molar-refractivity contribution < 1.29 is 9.84 Å². The maximum Gasteiger partial charge on any atom is 0.143 e. The summed E-state index contributed by atoms with van der Waals surface area (Å²) in [6.07, 6.45) is 0.853. The Bertz CT molecular complexity index is 334. The normalized spacial score (nSPS) is 10.2. The molecule has 0 bridgehead atoms. The summed E-state index contributed by atoms with van der Waals surface area (Å²) in [6.45, 7) is 1.12. The van der Waals surface area contributed by atoms with E-state index >= 15 is 0 Å². The van der Waals surface area contributed by atoms with Crippen LogP contribution in [0, 0.1) is 0 Å². The zero-order valence-corrected chi connectivity index (χ0v) is 10.9. The van der Waals surface area contributed by atoms with Gasteiger partial charge < -0.3 is 20.9 Å². The third-order valence-electron chi connectivity index (χ3n) is 2.29. The van der Waals surface area contributed by atoms with E-state index in [1.807, 2.05) is 30.0 Å². The van der Waals surface area contributed by atoms with Crippen molar-refractivity contribution in [1.29, 1.82) is 0 Å². The highest BCUT2D eigenvalue weighted by Crippen LogP contribution is 2.28. The number of ether oxygens (including phenoxy) is 1. The molecule has 4 N–H and O–H groups in total. The molecular formula is C12H20N2O2S. The van der Waals surface area contributed by atoms with Crippen molar-refractivity contribution in [2.45, 2.75) is 6.42 Å². The first-order chi connectivity index (χ1) is 8.29. The first-order valence-corrected chi connectivity index (χ1v) is 6.80. The van der Waals surface area contributed by atoms with Crippen LogP contribution in [0.25, 0.3) is 0 Å². The molecule has 0 amide bonds. The number of rotatable bonds is 8. The lowest BCUT2D eigenvalue weighted by atomic mass is 10.2. The van der Waals surface area contributed by atoms with Gasteiger partial charge in [-0.1, -0.05) is 6.07 Å². The van der Waals surface area contributed by atoms with Gasteiger partial charge >= 0.3 is 0 Å². The molecule has 0 saturated heterocycles. The van der Waals surface area contributed by atoms with Crippen LogP contribution in [-0.2, 0) is 0 Å². The van der Waals surface area contributed by atoms with E-state index in [4.69, 9.17) is 15.6 Å². The van der Waals surface area contributed by atoms with Gasteiger partial charge in [-0.3, -0.25) is 0 Å². The van der Waals surface area contributed by atoms with Crippen LogP contribution in [0.4, 0.5) is 11.4 Å². The zero-order chi connectivity index (χ0) is 12.5. The summed E-state index contributed by atoms with van der Waals surface area (Å²) in [4.78, 5) is 0. The van der Waals surface area contributed by atoms with Crippen molar-refractivity contribution >= 4 is 23.1 Å². The number of nitrogens with one attached hydrogen (secondary N) is 1. The highest BCUT2D eigenvalue weighted by atomic mass is 32.2. The third kappa shape index (κ3) is 4.75. The fourth-order valence-corrected chi connectivity index (χ4v) is 2.19. The Morgan fingerprint density at radius 2 is 2.24 bits per heavy atom. The predicted octanol–water partition coefficient (Wildman–Crippen LogP) is 1.80. The van der Waals surface area contributed by atoms with Crippen molar-refractivity contribution in [2.24, 2.45) is 0 Å². The molecule has 1 rings (SSSR count). The largest absolute Gasteiger partial charge is 0.495 e. The molecule has 0 aliphatic heterocycles. The number of benzene rings is 1. The Balaban J connectivity index is 2.31. The second-order valence-corrected chi connectivity index (χ2v) is 4.76. The Morgan fingerprint density at radius 3 is 2.94 bits per heavy atom. The third-order valence-corrected chi connectivity index (χ3v) is 3.36. The number of nitrogen functional groups attached to an aromatic ring is 1. The minimum Gasteiger partial charge on any atom is -0.495 e. The second kappa shape index (κ2) is 8.08. The number of thioether (sulfide) groups is 1. The molecule has 4 nitrogen and oxygen atoms in total. The fourth-order valence-electron chi connectivity index (χ4n) is 1.40. The van der Waals surface area contributed by atoms with E-state index in [1.54, 1.807) is 7.11 Å². The van der Waals surface area contributed by atoms with Gasteiger partial charge in [0, 0.05) is 18.9 Å². The van der Waals surface area contributed by atoms with Crippen molar-refractivity contribution in [1.82, 2.24) is 0 Å². The van der Waals surface area contributed by atoms with Crippen LogP contribution in [0.2, 0.25) is 0 Å². The molecule has 0 heterocycles. The summed E-state index contributed by atoms with van der Waals surface area (Å²) in [5.74, 6) is 2.69. The SMILES string of the molecule is COc1cccc(NCCSCCCO)c1N. The maximum atomic E-state index is 8.64. The van der Waals surface area contributed by atoms with Gasteiger partial charge in [-0.2, -0.15) is 11.8 Å². The maximum absolute atomic E-state index is 8.64. The first-order valence-electron chi connectivity index (χ1n) is 5.64. The quantitative estimate of drug-likeness (QED) is 0.489. The number of para-hydroxylation sites is 1. The zero-order valence-electron chi connectivity index (χ0n) is 10.1. The van der Waals surface area contributed by atoms with Gasteiger partial charge in [-0.25, -0.2) is 0 Å². The van der Waals surface area contributed by atoms with Gasteiger partial charge in [0.15, 0.2) is 0 Å². The summed E-state index contributed by atoms with van der Waals surface area (Å²) in [5, 5.41) is 11.9. The van der Waals surface area contributed by atoms with Gasteiger partial charge in [0.25, 0.3) is 0 Å². The lowest BCUT2D eigenvalue weighted by Crippen LogP contribution is -2.07. The topological polar surface area (TPSA) is 67.5 Å². The van der Waals surface area contributed by atoms with Crippen LogP contribution >= 0.6 is 11.8 Å². The van der Waals surface area contributed by atoms with Gasteiger partial charge in [0.2, 0.25) is 0 Å². The molecule has 0 aliphatic rings. The molecular weight excluding hydrogens is 236 g/mol. The number of aliphatic hydroxyl groups is 1. The minimum absolute atomic E-state index is 0.267. The van der Waals surface area contributed by atoms with Crippen LogP contribution in [0.3, 0.4) is 0 Å². The fraction of sp³-hybridized carbons (Fsp3) is 0.500. The smallest absolute Gasteiger partial charge is 0.143 e. The monoisotopic (exact) mass is 256 g/mol. The molecule has 0 aromatic heterocycles. The minimum atomic E-state index is 0.267. The number of anilines is 2. The molecule has 0 fully saturated rings. The summed E-state index contributed by atoms with van der Waals surface area (Å²) in [7, 11) is 1.61. The Hall–Kier alpha value is -1.07. The highest BCUT2D eigenvalue weighted by molar-refractivity contribution is 7.99. The number of hydrogen-bond acceptors (Lipinski definition) is 5. The van der Waals surface area contributed by atoms with Gasteiger partial charge in [0.05, 0.1) is 18.5 Å². The summed E-state index contributed by atoms with van der Waals surface area (Å²) in [5.41, 5.74) is 7.49. The van der Waals surface area contributed by atoms with Crippen LogP contribution < -0.4 is 15.8 Å².